The molecule has 2 atom stereocenters. The lowest BCUT2D eigenvalue weighted by Crippen LogP contribution is -2.48. The molecular formula is C29H33N7O5. The lowest BCUT2D eigenvalue weighted by molar-refractivity contribution is 0.0840. The van der Waals surface area contributed by atoms with Gasteiger partial charge in [0.25, 0.3) is 5.56 Å². The summed E-state index contributed by atoms with van der Waals surface area (Å²) in [4.78, 5) is 21.4. The quantitative estimate of drug-likeness (QED) is 0.344. The molecule has 1 N–H and O–H groups in total. The van der Waals surface area contributed by atoms with Crippen LogP contribution in [0.2, 0.25) is 0 Å². The van der Waals surface area contributed by atoms with Crippen LogP contribution < -0.4 is 19.8 Å². The molecule has 41 heavy (non-hydrogen) atoms. The number of nitrogens with one attached hydrogen (secondary N) is 1. The lowest BCUT2D eigenvalue weighted by atomic mass is 10.0. The minimum atomic E-state index is -0.418. The van der Waals surface area contributed by atoms with Gasteiger partial charge >= 0.3 is 0 Å². The van der Waals surface area contributed by atoms with Gasteiger partial charge in [0.2, 0.25) is 6.79 Å². The summed E-state index contributed by atoms with van der Waals surface area (Å²) in [7, 11) is 1.64. The van der Waals surface area contributed by atoms with Crippen molar-refractivity contribution in [2.45, 2.75) is 38.1 Å². The molecule has 3 aliphatic heterocycles. The molecule has 2 fully saturated rings. The van der Waals surface area contributed by atoms with Gasteiger partial charge in [-0.2, -0.15) is 0 Å². The number of aromatic amines is 1. The van der Waals surface area contributed by atoms with Gasteiger partial charge in [-0.15, -0.1) is 5.10 Å². The molecule has 0 spiro atoms. The predicted molar refractivity (Wildman–Crippen MR) is 149 cm³/mol. The SMILES string of the molecule is COc1ccc2[nH]c(=O)c([C@@H](c3nnnn3C[C@@H]3CCCO3)N3CCN(Cc4ccc5c(c4)OCO5)CC3)cc2c1. The molecule has 12 heteroatoms. The molecule has 12 nitrogen and oxygen atoms in total. The summed E-state index contributed by atoms with van der Waals surface area (Å²) in [6.07, 6.45) is 2.07. The zero-order chi connectivity index (χ0) is 27.8. The summed E-state index contributed by atoms with van der Waals surface area (Å²) in [5.74, 6) is 2.97. The average Bonchev–Trinajstić information content (AvgIpc) is 3.77. The lowest BCUT2D eigenvalue weighted by Gasteiger charge is -2.38. The zero-order valence-corrected chi connectivity index (χ0v) is 23.0. The Kier molecular flexibility index (Phi) is 7.03. The molecule has 0 amide bonds. The van der Waals surface area contributed by atoms with Crippen molar-refractivity contribution in [3.63, 3.8) is 0 Å². The first kappa shape index (κ1) is 25.9. The number of ether oxygens (including phenoxy) is 4. The van der Waals surface area contributed by atoms with E-state index in [-0.39, 0.29) is 18.5 Å². The van der Waals surface area contributed by atoms with Gasteiger partial charge in [0, 0.05) is 55.8 Å². The molecule has 4 aromatic rings. The van der Waals surface area contributed by atoms with Crippen LogP contribution in [0.15, 0.2) is 47.3 Å². The number of nitrogens with zero attached hydrogens (tertiary/aromatic N) is 6. The first-order valence-corrected chi connectivity index (χ1v) is 14.1. The molecule has 2 aromatic heterocycles. The van der Waals surface area contributed by atoms with E-state index in [2.05, 4.69) is 42.4 Å². The van der Waals surface area contributed by atoms with Crippen molar-refractivity contribution in [1.82, 2.24) is 35.0 Å². The van der Waals surface area contributed by atoms with Crippen LogP contribution in [0, 0.1) is 0 Å². The minimum absolute atomic E-state index is 0.0654. The van der Waals surface area contributed by atoms with Crippen LogP contribution in [-0.2, 0) is 17.8 Å². The maximum absolute atomic E-state index is 13.6. The maximum Gasteiger partial charge on any atom is 0.253 e. The van der Waals surface area contributed by atoms with Crippen LogP contribution in [0.4, 0.5) is 0 Å². The largest absolute Gasteiger partial charge is 0.497 e. The van der Waals surface area contributed by atoms with Gasteiger partial charge in [0.15, 0.2) is 17.3 Å². The van der Waals surface area contributed by atoms with E-state index in [0.717, 1.165) is 80.3 Å². The third kappa shape index (κ3) is 5.25. The highest BCUT2D eigenvalue weighted by Gasteiger charge is 2.33. The third-order valence-corrected chi connectivity index (χ3v) is 8.19. The van der Waals surface area contributed by atoms with Crippen molar-refractivity contribution < 1.29 is 18.9 Å². The first-order valence-electron chi connectivity index (χ1n) is 14.1. The van der Waals surface area contributed by atoms with Gasteiger partial charge in [-0.25, -0.2) is 4.68 Å². The average molecular weight is 560 g/mol. The van der Waals surface area contributed by atoms with E-state index in [0.29, 0.717) is 17.9 Å². The summed E-state index contributed by atoms with van der Waals surface area (Å²) in [6, 6.07) is 13.3. The molecule has 3 aliphatic rings. The molecular weight excluding hydrogens is 526 g/mol. The molecule has 0 aliphatic carbocycles. The van der Waals surface area contributed by atoms with Crippen LogP contribution in [0.25, 0.3) is 10.9 Å². The maximum atomic E-state index is 13.6. The molecule has 2 aromatic carbocycles. The molecule has 5 heterocycles. The van der Waals surface area contributed by atoms with Gasteiger partial charge in [0.05, 0.1) is 19.8 Å². The van der Waals surface area contributed by atoms with Gasteiger partial charge in [-0.1, -0.05) is 6.07 Å². The summed E-state index contributed by atoms with van der Waals surface area (Å²) < 4.78 is 24.2. The van der Waals surface area contributed by atoms with Crippen LogP contribution in [0.1, 0.15) is 35.8 Å². The molecule has 0 bridgehead atoms. The normalized spacial score (nSPS) is 20.1. The number of methoxy groups -OCH3 is 1. The van der Waals surface area contributed by atoms with Crippen molar-refractivity contribution >= 4 is 10.9 Å². The highest BCUT2D eigenvalue weighted by Crippen LogP contribution is 2.33. The number of benzene rings is 2. The van der Waals surface area contributed by atoms with Crippen LogP contribution >= 0.6 is 0 Å². The number of hydrogen-bond acceptors (Lipinski definition) is 10. The molecule has 0 saturated carbocycles. The topological polar surface area (TPSA) is 120 Å². The summed E-state index contributed by atoms with van der Waals surface area (Å²) in [6.45, 7) is 5.55. The number of rotatable bonds is 8. The van der Waals surface area contributed by atoms with Crippen molar-refractivity contribution in [1.29, 1.82) is 0 Å². The molecule has 2 saturated heterocycles. The Hall–Kier alpha value is -4.00. The van der Waals surface area contributed by atoms with E-state index in [1.807, 2.05) is 35.0 Å². The first-order chi connectivity index (χ1) is 20.1. The van der Waals surface area contributed by atoms with E-state index in [1.54, 1.807) is 7.11 Å². The van der Waals surface area contributed by atoms with Crippen LogP contribution in [-0.4, -0.2) is 87.8 Å². The number of aromatic nitrogens is 5. The standard InChI is InChI=1S/C29H33N7O5/c1-38-21-5-6-24-20(14-21)15-23(29(37)30-24)27(28-31-32-33-36(28)17-22-3-2-12-39-22)35-10-8-34(9-11-35)16-19-4-7-25-26(13-19)41-18-40-25/h4-7,13-15,22,27H,2-3,8-12,16-18H2,1H3,(H,30,37)/t22-,27-/m0/s1. The highest BCUT2D eigenvalue weighted by atomic mass is 16.7. The Morgan fingerprint density at radius 2 is 1.95 bits per heavy atom. The Morgan fingerprint density at radius 3 is 2.78 bits per heavy atom. The second-order valence-corrected chi connectivity index (χ2v) is 10.8. The summed E-state index contributed by atoms with van der Waals surface area (Å²) in [5.41, 5.74) is 2.39. The smallest absolute Gasteiger partial charge is 0.253 e. The fourth-order valence-corrected chi connectivity index (χ4v) is 6.03. The van der Waals surface area contributed by atoms with Crippen molar-refractivity contribution in [2.24, 2.45) is 0 Å². The molecule has 214 valence electrons. The van der Waals surface area contributed by atoms with E-state index >= 15 is 0 Å². The van der Waals surface area contributed by atoms with E-state index in [4.69, 9.17) is 18.9 Å². The summed E-state index contributed by atoms with van der Waals surface area (Å²) >= 11 is 0. The van der Waals surface area contributed by atoms with Gasteiger partial charge in [0.1, 0.15) is 11.8 Å². The van der Waals surface area contributed by atoms with E-state index < -0.39 is 6.04 Å². The minimum Gasteiger partial charge on any atom is -0.497 e. The summed E-state index contributed by atoms with van der Waals surface area (Å²) in [5, 5.41) is 13.7. The number of hydrogen-bond donors (Lipinski definition) is 1. The monoisotopic (exact) mass is 559 g/mol. The molecule has 7 rings (SSSR count). The Labute approximate surface area is 236 Å². The van der Waals surface area contributed by atoms with Gasteiger partial charge in [-0.05, 0) is 65.2 Å². The van der Waals surface area contributed by atoms with Crippen LogP contribution in [0.5, 0.6) is 17.2 Å². The highest BCUT2D eigenvalue weighted by molar-refractivity contribution is 5.80. The van der Waals surface area contributed by atoms with Crippen molar-refractivity contribution in [2.75, 3.05) is 46.7 Å². The number of fused-ring (bicyclic) bond motifs is 2. The number of piperazine rings is 1. The Balaban J connectivity index is 1.18. The van der Waals surface area contributed by atoms with Crippen molar-refractivity contribution in [3.05, 3.63) is 69.8 Å². The molecule has 0 unspecified atom stereocenters. The number of H-pyrrole nitrogens is 1. The second-order valence-electron chi connectivity index (χ2n) is 10.8. The van der Waals surface area contributed by atoms with E-state index in [9.17, 15) is 4.79 Å². The van der Waals surface area contributed by atoms with Gasteiger partial charge in [-0.3, -0.25) is 14.6 Å². The van der Waals surface area contributed by atoms with Crippen LogP contribution in [0.3, 0.4) is 0 Å². The number of tetrazole rings is 1. The Morgan fingerprint density at radius 1 is 1.07 bits per heavy atom. The fraction of sp³-hybridized carbons (Fsp3) is 0.448. The predicted octanol–water partition coefficient (Wildman–Crippen LogP) is 2.34. The third-order valence-electron chi connectivity index (χ3n) is 8.19. The second kappa shape index (κ2) is 11.1. The fourth-order valence-electron chi connectivity index (χ4n) is 6.03. The van der Waals surface area contributed by atoms with Gasteiger partial charge < -0.3 is 23.9 Å². The number of pyridine rings is 1. The molecule has 0 radical (unpaired) electrons. The zero-order valence-electron chi connectivity index (χ0n) is 23.0. The Bertz CT molecular complexity index is 1590. The van der Waals surface area contributed by atoms with Crippen molar-refractivity contribution in [3.8, 4) is 17.2 Å². The van der Waals surface area contributed by atoms with E-state index in [1.165, 1.54) is 5.56 Å².